The summed E-state index contributed by atoms with van der Waals surface area (Å²) >= 11 is 0. The van der Waals surface area contributed by atoms with E-state index >= 15 is 0 Å². The van der Waals surface area contributed by atoms with Crippen molar-refractivity contribution in [2.45, 2.75) is 51.0 Å². The van der Waals surface area contributed by atoms with Gasteiger partial charge < -0.3 is 14.2 Å². The van der Waals surface area contributed by atoms with Gasteiger partial charge in [0.15, 0.2) is 0 Å². The van der Waals surface area contributed by atoms with Crippen LogP contribution in [0.4, 0.5) is 0 Å². The van der Waals surface area contributed by atoms with Crippen LogP contribution >= 0.6 is 0 Å². The van der Waals surface area contributed by atoms with E-state index < -0.39 is 0 Å². The monoisotopic (exact) mass is 452 g/mol. The van der Waals surface area contributed by atoms with E-state index in [0.717, 1.165) is 25.8 Å². The quantitative estimate of drug-likeness (QED) is 0.531. The normalized spacial score (nSPS) is 30.1. The maximum atomic E-state index is 8.12. The molecule has 2 bridgehead atoms. The van der Waals surface area contributed by atoms with E-state index in [-0.39, 0.29) is 23.4 Å². The highest BCUT2D eigenvalue weighted by Crippen LogP contribution is 2.67. The number of carbonyl (C=O) groups excluding carboxylic acids is 2. The second kappa shape index (κ2) is 7.56. The molecule has 4 aliphatic heterocycles. The molecule has 0 N–H and O–H groups in total. The van der Waals surface area contributed by atoms with Gasteiger partial charge in [0.2, 0.25) is 0 Å². The molecule has 1 saturated heterocycles. The van der Waals surface area contributed by atoms with Crippen LogP contribution < -0.4 is 0 Å². The predicted octanol–water partition coefficient (Wildman–Crippen LogP) is 5.44. The van der Waals surface area contributed by atoms with Gasteiger partial charge in [-0.05, 0) is 42.5 Å². The van der Waals surface area contributed by atoms with E-state index in [1.165, 1.54) is 27.7 Å². The third-order valence-electron chi connectivity index (χ3n) is 8.34. The van der Waals surface area contributed by atoms with Gasteiger partial charge in [-0.15, -0.1) is 0 Å². The molecule has 0 spiro atoms. The van der Waals surface area contributed by atoms with Crippen LogP contribution in [0, 0.1) is 5.41 Å². The minimum Gasteiger partial charge on any atom is -0.368 e. The van der Waals surface area contributed by atoms with Gasteiger partial charge in [-0.3, -0.25) is 0 Å². The average Bonchev–Trinajstić information content (AvgIpc) is 3.35. The topological polar surface area (TPSA) is 51.5 Å². The number of rotatable bonds is 3. The zero-order valence-electron chi connectivity index (χ0n) is 19.5. The predicted molar refractivity (Wildman–Crippen MR) is 130 cm³/mol. The summed E-state index contributed by atoms with van der Waals surface area (Å²) in [6.07, 6.45) is 10.6. The molecule has 7 rings (SSSR count). The zero-order chi connectivity index (χ0) is 23.5. The van der Waals surface area contributed by atoms with Crippen LogP contribution in [-0.2, 0) is 26.5 Å². The van der Waals surface area contributed by atoms with Gasteiger partial charge in [0.05, 0.1) is 17.7 Å². The number of hydrogen-bond donors (Lipinski definition) is 0. The first-order valence-electron chi connectivity index (χ1n) is 12.1. The van der Waals surface area contributed by atoms with Crippen LogP contribution in [0.3, 0.4) is 0 Å². The molecule has 0 unspecified atom stereocenters. The van der Waals surface area contributed by atoms with Gasteiger partial charge in [-0.25, -0.2) is 0 Å². The van der Waals surface area contributed by atoms with E-state index in [1.807, 2.05) is 0 Å². The summed E-state index contributed by atoms with van der Waals surface area (Å²) in [5.74, 6) is 0. The largest absolute Gasteiger partial charge is 0.373 e. The van der Waals surface area contributed by atoms with Crippen LogP contribution in [0.2, 0.25) is 0 Å². The molecule has 1 aromatic heterocycles. The number of aromatic nitrogens is 1. The van der Waals surface area contributed by atoms with Crippen molar-refractivity contribution in [1.82, 2.24) is 9.47 Å². The lowest BCUT2D eigenvalue weighted by Gasteiger charge is -2.53. The van der Waals surface area contributed by atoms with Crippen molar-refractivity contribution >= 4 is 23.1 Å². The van der Waals surface area contributed by atoms with Crippen LogP contribution in [0.5, 0.6) is 0 Å². The van der Waals surface area contributed by atoms with Crippen molar-refractivity contribution < 1.29 is 14.3 Å². The molecule has 34 heavy (non-hydrogen) atoms. The van der Waals surface area contributed by atoms with Gasteiger partial charge in [0.25, 0.3) is 0 Å². The Morgan fingerprint density at radius 3 is 2.59 bits per heavy atom. The van der Waals surface area contributed by atoms with Gasteiger partial charge >= 0.3 is 6.15 Å². The maximum Gasteiger partial charge on any atom is 0.373 e. The fourth-order valence-electron chi connectivity index (χ4n) is 7.19. The lowest BCUT2D eigenvalue weighted by atomic mass is 9.62. The molecule has 0 radical (unpaired) electrons. The van der Waals surface area contributed by atoms with Crippen molar-refractivity contribution in [3.8, 4) is 0 Å². The Bertz CT molecular complexity index is 1360. The zero-order valence-corrected chi connectivity index (χ0v) is 19.5. The summed E-state index contributed by atoms with van der Waals surface area (Å²) in [6, 6.07) is 20.0. The van der Waals surface area contributed by atoms with E-state index in [1.54, 1.807) is 5.56 Å². The number of ether oxygens (including phenoxy) is 1. The summed E-state index contributed by atoms with van der Waals surface area (Å²) in [4.78, 5) is 18.9. The minimum absolute atomic E-state index is 0.124. The van der Waals surface area contributed by atoms with Crippen LogP contribution in [0.25, 0.3) is 17.0 Å². The number of fused-ring (bicyclic) bond motifs is 5. The van der Waals surface area contributed by atoms with Crippen molar-refractivity contribution in [1.29, 1.82) is 0 Å². The van der Waals surface area contributed by atoms with Gasteiger partial charge in [-0.1, -0.05) is 67.6 Å². The fourth-order valence-corrected chi connectivity index (χ4v) is 7.19. The van der Waals surface area contributed by atoms with E-state index in [4.69, 9.17) is 14.3 Å². The molecule has 0 saturated carbocycles. The Morgan fingerprint density at radius 1 is 1.09 bits per heavy atom. The molecule has 5 nitrogen and oxygen atoms in total. The first kappa shape index (κ1) is 21.2. The molecular formula is C29H28N2O3. The Labute approximate surface area is 199 Å². The third kappa shape index (κ3) is 2.71. The van der Waals surface area contributed by atoms with E-state index in [2.05, 4.69) is 96.3 Å². The van der Waals surface area contributed by atoms with Gasteiger partial charge in [0.1, 0.15) is 5.72 Å². The molecule has 4 atom stereocenters. The van der Waals surface area contributed by atoms with Crippen molar-refractivity contribution in [2.24, 2.45) is 5.41 Å². The summed E-state index contributed by atoms with van der Waals surface area (Å²) in [5, 5.41) is 1.43. The second-order valence-corrected chi connectivity index (χ2v) is 10.00. The summed E-state index contributed by atoms with van der Waals surface area (Å²) in [7, 11) is 0. The molecule has 5 heterocycles. The molecule has 3 aromatic rings. The number of hydrogen-bond acceptors (Lipinski definition) is 4. The molecule has 5 heteroatoms. The first-order valence-corrected chi connectivity index (χ1v) is 12.1. The molecule has 1 fully saturated rings. The van der Waals surface area contributed by atoms with Crippen molar-refractivity contribution in [3.05, 3.63) is 89.3 Å². The lowest BCUT2D eigenvalue weighted by molar-refractivity contribution is -0.191. The third-order valence-corrected chi connectivity index (χ3v) is 8.34. The SMILES string of the molecule is CC[C@@]12C[C@@]3(C)O[C@@H]1C(/C=C/c1ccccc1)=CN1CCc4c(n3c3ccccc43)[C@@H]12.O=C=O. The van der Waals surface area contributed by atoms with Crippen LogP contribution in [0.1, 0.15) is 49.6 Å². The van der Waals surface area contributed by atoms with Crippen molar-refractivity contribution in [2.75, 3.05) is 6.54 Å². The summed E-state index contributed by atoms with van der Waals surface area (Å²) in [6.45, 7) is 5.78. The average molecular weight is 453 g/mol. The Morgan fingerprint density at radius 2 is 1.82 bits per heavy atom. The standard InChI is InChI=1S/C28H28N2O.CO2/c1-3-28-18-27(2)30-23-12-8-7-11-21(23)22-15-16-29(25(28)24(22)30)17-20(26(28)31-27)14-13-19-9-5-4-6-10-19;2-1-3/h4-14,17,25-26H,3,15-16,18H2,1-2H3;/b14-13+;/t25-,26-,27-,28+;/m1./s1. The van der Waals surface area contributed by atoms with E-state index in [9.17, 15) is 0 Å². The van der Waals surface area contributed by atoms with Crippen LogP contribution in [-0.4, -0.2) is 28.3 Å². The minimum atomic E-state index is -0.294. The highest BCUT2D eigenvalue weighted by atomic mass is 16.5. The Kier molecular flexibility index (Phi) is 4.70. The maximum absolute atomic E-state index is 8.12. The molecular weight excluding hydrogens is 424 g/mol. The lowest BCUT2D eigenvalue weighted by Crippen LogP contribution is -2.53. The van der Waals surface area contributed by atoms with Gasteiger partial charge in [-0.2, -0.15) is 9.59 Å². The highest BCUT2D eigenvalue weighted by Gasteiger charge is 2.66. The number of benzene rings is 2. The Hall–Kier alpha value is -3.40. The smallest absolute Gasteiger partial charge is 0.368 e. The molecule has 172 valence electrons. The molecule has 4 aliphatic rings. The molecule has 2 aromatic carbocycles. The fraction of sp³-hybridized carbons (Fsp3) is 0.345. The Balaban J connectivity index is 0.000000691. The molecule has 0 amide bonds. The second-order valence-electron chi connectivity index (χ2n) is 10.00. The summed E-state index contributed by atoms with van der Waals surface area (Å²) < 4.78 is 9.65. The van der Waals surface area contributed by atoms with Gasteiger partial charge in [0, 0.05) is 35.7 Å². The van der Waals surface area contributed by atoms with E-state index in [0.29, 0.717) is 6.04 Å². The summed E-state index contributed by atoms with van der Waals surface area (Å²) in [5.41, 5.74) is 6.81. The van der Waals surface area contributed by atoms with Crippen molar-refractivity contribution in [3.63, 3.8) is 0 Å². The number of nitrogens with zero attached hydrogens (tertiary/aromatic N) is 2. The molecule has 0 aliphatic carbocycles. The number of para-hydroxylation sites is 1. The highest BCUT2D eigenvalue weighted by molar-refractivity contribution is 5.87. The van der Waals surface area contributed by atoms with Crippen LogP contribution in [0.15, 0.2) is 72.4 Å². The first-order chi connectivity index (χ1) is 16.6.